The van der Waals surface area contributed by atoms with E-state index in [-0.39, 0.29) is 36.5 Å². The Kier molecular flexibility index (Phi) is 6.15. The largest absolute Gasteiger partial charge is 0.469 e. The third-order valence-electron chi connectivity index (χ3n) is 3.72. The molecule has 0 aromatic heterocycles. The Hall–Kier alpha value is -1.89. The van der Waals surface area contributed by atoms with E-state index in [4.69, 9.17) is 0 Å². The number of anilines is 1. The monoisotopic (exact) mass is 382 g/mol. The van der Waals surface area contributed by atoms with Gasteiger partial charge in [0.1, 0.15) is 0 Å². The summed E-state index contributed by atoms with van der Waals surface area (Å²) in [5.74, 6) is -0.882. The molecule has 7 heteroatoms. The summed E-state index contributed by atoms with van der Waals surface area (Å²) in [6.07, 6.45) is 0.987. The van der Waals surface area contributed by atoms with Gasteiger partial charge >= 0.3 is 5.97 Å². The third kappa shape index (κ3) is 4.54. The maximum absolute atomic E-state index is 12.2. The molecule has 0 saturated carbocycles. The number of hydrogen-bond acceptors (Lipinski definition) is 4. The zero-order valence-electron chi connectivity index (χ0n) is 12.9. The van der Waals surface area contributed by atoms with Crippen molar-refractivity contribution in [2.24, 2.45) is 5.92 Å². The Morgan fingerprint density at radius 2 is 2.13 bits per heavy atom. The van der Waals surface area contributed by atoms with Crippen LogP contribution >= 0.6 is 15.9 Å². The Morgan fingerprint density at radius 1 is 1.39 bits per heavy atom. The molecule has 23 heavy (non-hydrogen) atoms. The molecule has 1 aliphatic rings. The van der Waals surface area contributed by atoms with Gasteiger partial charge < -0.3 is 15.0 Å². The van der Waals surface area contributed by atoms with Crippen LogP contribution in [-0.4, -0.2) is 38.0 Å². The molecule has 124 valence electrons. The molecule has 1 aromatic rings. The normalized spacial score (nSPS) is 17.2. The summed E-state index contributed by atoms with van der Waals surface area (Å²) < 4.78 is 5.36. The number of ether oxygens (including phenoxy) is 1. The van der Waals surface area contributed by atoms with E-state index in [0.29, 0.717) is 19.5 Å². The molecule has 2 amide bonds. The van der Waals surface area contributed by atoms with E-state index in [9.17, 15) is 14.4 Å². The molecular formula is C16H19BrN2O4. The molecule has 1 aromatic carbocycles. The minimum absolute atomic E-state index is 0.0633. The van der Waals surface area contributed by atoms with E-state index in [2.05, 4.69) is 26.0 Å². The van der Waals surface area contributed by atoms with E-state index >= 15 is 0 Å². The summed E-state index contributed by atoms with van der Waals surface area (Å²) in [5.41, 5.74) is 0.776. The van der Waals surface area contributed by atoms with Crippen molar-refractivity contribution in [2.75, 3.05) is 25.1 Å². The third-order valence-corrected chi connectivity index (χ3v) is 4.39. The van der Waals surface area contributed by atoms with Crippen LogP contribution in [0.2, 0.25) is 0 Å². The highest BCUT2D eigenvalue weighted by Gasteiger charge is 2.35. The van der Waals surface area contributed by atoms with Gasteiger partial charge in [-0.25, -0.2) is 0 Å². The lowest BCUT2D eigenvalue weighted by Gasteiger charge is -2.18. The van der Waals surface area contributed by atoms with Crippen LogP contribution in [0.1, 0.15) is 19.3 Å². The summed E-state index contributed by atoms with van der Waals surface area (Å²) >= 11 is 3.42. The number of benzene rings is 1. The van der Waals surface area contributed by atoms with Gasteiger partial charge in [-0.05, 0) is 34.5 Å². The second kappa shape index (κ2) is 8.10. The minimum atomic E-state index is -0.368. The Labute approximate surface area is 143 Å². The number of carbonyl (C=O) groups is 3. The highest BCUT2D eigenvalue weighted by atomic mass is 79.9. The molecule has 1 aliphatic heterocycles. The van der Waals surface area contributed by atoms with Crippen LogP contribution in [-0.2, 0) is 19.1 Å². The maximum Gasteiger partial charge on any atom is 0.305 e. The lowest BCUT2D eigenvalue weighted by atomic mass is 10.1. The number of rotatable bonds is 6. The lowest BCUT2D eigenvalue weighted by Crippen LogP contribution is -2.33. The molecule has 1 N–H and O–H groups in total. The highest BCUT2D eigenvalue weighted by molar-refractivity contribution is 9.10. The number of hydrogen-bond donors (Lipinski definition) is 1. The van der Waals surface area contributed by atoms with Crippen LogP contribution in [0.15, 0.2) is 28.7 Å². The van der Waals surface area contributed by atoms with E-state index < -0.39 is 0 Å². The number of amides is 2. The van der Waals surface area contributed by atoms with Crippen molar-refractivity contribution in [1.29, 1.82) is 0 Å². The number of nitrogens with one attached hydrogen (secondary N) is 1. The molecule has 0 spiro atoms. The molecule has 0 bridgehead atoms. The van der Waals surface area contributed by atoms with Gasteiger partial charge in [0.05, 0.1) is 18.7 Å². The number of para-hydroxylation sites is 1. The summed E-state index contributed by atoms with van der Waals surface area (Å²) in [5, 5.41) is 2.77. The fourth-order valence-electron chi connectivity index (χ4n) is 2.48. The smallest absolute Gasteiger partial charge is 0.305 e. The fourth-order valence-corrected chi connectivity index (χ4v) is 2.98. The molecule has 1 saturated heterocycles. The van der Waals surface area contributed by atoms with Crippen molar-refractivity contribution < 1.29 is 19.1 Å². The van der Waals surface area contributed by atoms with Gasteiger partial charge in [-0.3, -0.25) is 14.4 Å². The molecule has 1 fully saturated rings. The van der Waals surface area contributed by atoms with Crippen LogP contribution in [0.4, 0.5) is 5.69 Å². The molecular weight excluding hydrogens is 364 g/mol. The van der Waals surface area contributed by atoms with Crippen molar-refractivity contribution in [3.05, 3.63) is 28.7 Å². The van der Waals surface area contributed by atoms with Crippen molar-refractivity contribution in [1.82, 2.24) is 5.32 Å². The number of esters is 1. The van der Waals surface area contributed by atoms with Gasteiger partial charge in [-0.2, -0.15) is 0 Å². The van der Waals surface area contributed by atoms with E-state index in [1.54, 1.807) is 4.90 Å². The number of halogens is 1. The molecule has 1 atom stereocenters. The van der Waals surface area contributed by atoms with Crippen molar-refractivity contribution in [3.63, 3.8) is 0 Å². The first-order chi connectivity index (χ1) is 11.0. The van der Waals surface area contributed by atoms with Crippen LogP contribution in [0.3, 0.4) is 0 Å². The van der Waals surface area contributed by atoms with Crippen molar-refractivity contribution in [3.8, 4) is 0 Å². The standard InChI is InChI=1S/C16H19BrN2O4/c1-23-15(21)7-4-8-18-16(22)11-9-14(20)19(10-11)13-6-3-2-5-12(13)17/h2-3,5-6,11H,4,7-10H2,1H3,(H,18,22). The lowest BCUT2D eigenvalue weighted by molar-refractivity contribution is -0.140. The van der Waals surface area contributed by atoms with Gasteiger partial charge in [0.25, 0.3) is 0 Å². The molecule has 2 rings (SSSR count). The van der Waals surface area contributed by atoms with Crippen LogP contribution in [0.25, 0.3) is 0 Å². The van der Waals surface area contributed by atoms with Gasteiger partial charge in [0, 0.05) is 30.4 Å². The van der Waals surface area contributed by atoms with Gasteiger partial charge in [-0.1, -0.05) is 12.1 Å². The Morgan fingerprint density at radius 3 is 2.83 bits per heavy atom. The second-order valence-electron chi connectivity index (χ2n) is 5.33. The summed E-state index contributed by atoms with van der Waals surface area (Å²) in [7, 11) is 1.33. The number of methoxy groups -OCH3 is 1. The van der Waals surface area contributed by atoms with E-state index in [1.165, 1.54) is 7.11 Å². The SMILES string of the molecule is COC(=O)CCCNC(=O)C1CC(=O)N(c2ccccc2Br)C1. The zero-order valence-corrected chi connectivity index (χ0v) is 14.5. The van der Waals surface area contributed by atoms with Crippen LogP contribution < -0.4 is 10.2 Å². The average molecular weight is 383 g/mol. The predicted molar refractivity (Wildman–Crippen MR) is 88.9 cm³/mol. The molecule has 1 heterocycles. The Balaban J connectivity index is 1.86. The van der Waals surface area contributed by atoms with Gasteiger partial charge in [0.15, 0.2) is 0 Å². The highest BCUT2D eigenvalue weighted by Crippen LogP contribution is 2.31. The first-order valence-electron chi connectivity index (χ1n) is 7.42. The first kappa shape index (κ1) is 17.5. The molecule has 0 aliphatic carbocycles. The summed E-state index contributed by atoms with van der Waals surface area (Å²) in [6.45, 7) is 0.762. The summed E-state index contributed by atoms with van der Waals surface area (Å²) in [6, 6.07) is 7.44. The second-order valence-corrected chi connectivity index (χ2v) is 6.18. The predicted octanol–water partition coefficient (Wildman–Crippen LogP) is 1.87. The minimum Gasteiger partial charge on any atom is -0.469 e. The Bertz CT molecular complexity index is 605. The quantitative estimate of drug-likeness (QED) is 0.601. The van der Waals surface area contributed by atoms with Crippen molar-refractivity contribution in [2.45, 2.75) is 19.3 Å². The molecule has 0 radical (unpaired) electrons. The average Bonchev–Trinajstić information content (AvgIpc) is 2.93. The van der Waals surface area contributed by atoms with Crippen molar-refractivity contribution >= 4 is 39.4 Å². The topological polar surface area (TPSA) is 75.7 Å². The maximum atomic E-state index is 12.2. The first-order valence-corrected chi connectivity index (χ1v) is 8.21. The van der Waals surface area contributed by atoms with Crippen LogP contribution in [0, 0.1) is 5.92 Å². The van der Waals surface area contributed by atoms with E-state index in [1.807, 2.05) is 24.3 Å². The zero-order chi connectivity index (χ0) is 16.8. The van der Waals surface area contributed by atoms with Gasteiger partial charge in [0.2, 0.25) is 11.8 Å². The fraction of sp³-hybridized carbons (Fsp3) is 0.438. The summed E-state index contributed by atoms with van der Waals surface area (Å²) in [4.78, 5) is 36.9. The van der Waals surface area contributed by atoms with Crippen LogP contribution in [0.5, 0.6) is 0 Å². The van der Waals surface area contributed by atoms with Gasteiger partial charge in [-0.15, -0.1) is 0 Å². The number of nitrogens with zero attached hydrogens (tertiary/aromatic N) is 1. The molecule has 1 unspecified atom stereocenters. The molecule has 6 nitrogen and oxygen atoms in total. The van der Waals surface area contributed by atoms with E-state index in [0.717, 1.165) is 10.2 Å². The number of carbonyl (C=O) groups excluding carboxylic acids is 3.